The third-order valence-corrected chi connectivity index (χ3v) is 5.91. The highest BCUT2D eigenvalue weighted by atomic mass is 32.2. The van der Waals surface area contributed by atoms with Crippen molar-refractivity contribution < 1.29 is 29.0 Å². The molecular weight excluding hydrogens is 394 g/mol. The summed E-state index contributed by atoms with van der Waals surface area (Å²) in [7, 11) is 3.09. The first-order chi connectivity index (χ1) is 13.9. The number of hydrogen-bond acceptors (Lipinski definition) is 7. The van der Waals surface area contributed by atoms with Gasteiger partial charge in [-0.3, -0.25) is 14.5 Å². The van der Waals surface area contributed by atoms with Crippen molar-refractivity contribution in [1.82, 2.24) is 4.90 Å². The van der Waals surface area contributed by atoms with Crippen molar-refractivity contribution in [2.24, 2.45) is 0 Å². The van der Waals surface area contributed by atoms with E-state index >= 15 is 0 Å². The SMILES string of the molecule is COc1ccc(CCN2C(=O)CC(Sc3ccccc3C(=O)[O-])C2=O)cc1OC. The van der Waals surface area contributed by atoms with Crippen LogP contribution in [0, 0.1) is 0 Å². The summed E-state index contributed by atoms with van der Waals surface area (Å²) in [6, 6.07) is 11.8. The molecule has 0 spiro atoms. The Kier molecular flexibility index (Phi) is 6.43. The van der Waals surface area contributed by atoms with Gasteiger partial charge in [0.25, 0.3) is 0 Å². The van der Waals surface area contributed by atoms with Gasteiger partial charge in [0.05, 0.1) is 25.4 Å². The second-order valence-electron chi connectivity index (χ2n) is 6.42. The molecule has 1 aliphatic rings. The minimum Gasteiger partial charge on any atom is -0.545 e. The Balaban J connectivity index is 1.68. The fraction of sp³-hybridized carbons (Fsp3) is 0.286. The van der Waals surface area contributed by atoms with E-state index in [1.54, 1.807) is 38.5 Å². The lowest BCUT2D eigenvalue weighted by molar-refractivity contribution is -0.255. The van der Waals surface area contributed by atoms with Crippen molar-refractivity contribution in [3.63, 3.8) is 0 Å². The van der Waals surface area contributed by atoms with Gasteiger partial charge in [-0.1, -0.05) is 24.3 Å². The standard InChI is InChI=1S/C21H21NO6S/c1-27-15-8-7-13(11-16(15)28-2)9-10-22-19(23)12-18(20(22)24)29-17-6-4-3-5-14(17)21(25)26/h3-8,11,18H,9-10,12H2,1-2H3,(H,25,26)/p-1. The number of carbonyl (C=O) groups excluding carboxylic acids is 3. The molecule has 1 heterocycles. The first kappa shape index (κ1) is 20.7. The largest absolute Gasteiger partial charge is 0.545 e. The number of carboxylic acids is 1. The topological polar surface area (TPSA) is 96.0 Å². The maximum Gasteiger partial charge on any atom is 0.243 e. The van der Waals surface area contributed by atoms with E-state index in [9.17, 15) is 19.5 Å². The number of nitrogens with zero attached hydrogens (tertiary/aromatic N) is 1. The molecule has 2 aromatic rings. The Morgan fingerprint density at radius 3 is 2.55 bits per heavy atom. The number of ether oxygens (including phenoxy) is 2. The van der Waals surface area contributed by atoms with Gasteiger partial charge in [0.15, 0.2) is 11.5 Å². The van der Waals surface area contributed by atoms with Crippen molar-refractivity contribution in [2.45, 2.75) is 23.0 Å². The number of hydrogen-bond donors (Lipinski definition) is 0. The van der Waals surface area contributed by atoms with Crippen LogP contribution in [0.25, 0.3) is 0 Å². The number of carboxylic acid groups (broad SMARTS) is 1. The van der Waals surface area contributed by atoms with Crippen LogP contribution in [0.2, 0.25) is 0 Å². The molecule has 0 radical (unpaired) electrons. The van der Waals surface area contributed by atoms with E-state index in [4.69, 9.17) is 9.47 Å². The lowest BCUT2D eigenvalue weighted by atomic mass is 10.1. The van der Waals surface area contributed by atoms with Crippen molar-refractivity contribution in [1.29, 1.82) is 0 Å². The molecule has 1 unspecified atom stereocenters. The van der Waals surface area contributed by atoms with E-state index in [0.29, 0.717) is 22.8 Å². The third kappa shape index (κ3) is 4.54. The van der Waals surface area contributed by atoms with Gasteiger partial charge >= 0.3 is 0 Å². The predicted molar refractivity (Wildman–Crippen MR) is 105 cm³/mol. The van der Waals surface area contributed by atoms with Gasteiger partial charge in [-0.2, -0.15) is 0 Å². The van der Waals surface area contributed by atoms with E-state index in [-0.39, 0.29) is 30.3 Å². The van der Waals surface area contributed by atoms with Crippen LogP contribution < -0.4 is 14.6 Å². The molecule has 1 aliphatic heterocycles. The van der Waals surface area contributed by atoms with Gasteiger partial charge in [0, 0.05) is 23.4 Å². The molecule has 8 heteroatoms. The summed E-state index contributed by atoms with van der Waals surface area (Å²) in [4.78, 5) is 38.0. The molecule has 2 amide bonds. The monoisotopic (exact) mass is 414 g/mol. The summed E-state index contributed by atoms with van der Waals surface area (Å²) in [5.41, 5.74) is 0.920. The second kappa shape index (κ2) is 9.00. The molecule has 0 N–H and O–H groups in total. The van der Waals surface area contributed by atoms with E-state index in [1.807, 2.05) is 12.1 Å². The van der Waals surface area contributed by atoms with Gasteiger partial charge in [-0.25, -0.2) is 0 Å². The van der Waals surface area contributed by atoms with Gasteiger partial charge in [0.1, 0.15) is 0 Å². The molecule has 152 valence electrons. The van der Waals surface area contributed by atoms with Crippen molar-refractivity contribution in [3.8, 4) is 11.5 Å². The lowest BCUT2D eigenvalue weighted by Gasteiger charge is -2.16. The van der Waals surface area contributed by atoms with Gasteiger partial charge in [-0.15, -0.1) is 11.8 Å². The molecule has 1 fully saturated rings. The third-order valence-electron chi connectivity index (χ3n) is 4.65. The number of aromatic carboxylic acids is 1. The molecule has 29 heavy (non-hydrogen) atoms. The van der Waals surface area contributed by atoms with Gasteiger partial charge in [0.2, 0.25) is 11.8 Å². The molecule has 0 aromatic heterocycles. The molecule has 2 aromatic carbocycles. The zero-order valence-corrected chi connectivity index (χ0v) is 16.9. The number of carbonyl (C=O) groups is 3. The average Bonchev–Trinajstić information content (AvgIpc) is 2.99. The zero-order valence-electron chi connectivity index (χ0n) is 16.0. The van der Waals surface area contributed by atoms with Crippen LogP contribution in [0.1, 0.15) is 22.3 Å². The number of likely N-dealkylation sites (tertiary alicyclic amines) is 1. The van der Waals surface area contributed by atoms with Crippen molar-refractivity contribution in [2.75, 3.05) is 20.8 Å². The van der Waals surface area contributed by atoms with Gasteiger partial charge < -0.3 is 19.4 Å². The maximum atomic E-state index is 12.7. The number of methoxy groups -OCH3 is 2. The Hall–Kier alpha value is -3.00. The predicted octanol–water partition coefficient (Wildman–Crippen LogP) is 1.53. The first-order valence-electron chi connectivity index (χ1n) is 8.96. The molecule has 0 aliphatic carbocycles. The molecule has 7 nitrogen and oxygen atoms in total. The minimum absolute atomic E-state index is 0.0153. The highest BCUT2D eigenvalue weighted by Gasteiger charge is 2.39. The summed E-state index contributed by atoms with van der Waals surface area (Å²) >= 11 is 1.09. The Labute approximate surface area is 172 Å². The first-order valence-corrected chi connectivity index (χ1v) is 9.84. The molecular formula is C21H20NO6S-. The fourth-order valence-corrected chi connectivity index (χ4v) is 4.34. The number of thioether (sulfide) groups is 1. The van der Waals surface area contributed by atoms with E-state index in [0.717, 1.165) is 17.3 Å². The van der Waals surface area contributed by atoms with Gasteiger partial charge in [-0.05, 0) is 30.2 Å². The summed E-state index contributed by atoms with van der Waals surface area (Å²) in [6.45, 7) is 0.242. The Bertz CT molecular complexity index is 945. The number of imide groups is 1. The van der Waals surface area contributed by atoms with Crippen molar-refractivity contribution in [3.05, 3.63) is 53.6 Å². The molecule has 0 saturated carbocycles. The van der Waals surface area contributed by atoms with Crippen LogP contribution in [-0.2, 0) is 16.0 Å². The van der Waals surface area contributed by atoms with Crippen molar-refractivity contribution >= 4 is 29.5 Å². The van der Waals surface area contributed by atoms with Crippen LogP contribution in [-0.4, -0.2) is 48.7 Å². The quantitative estimate of drug-likeness (QED) is 0.605. The van der Waals surface area contributed by atoms with Crippen LogP contribution in [0.15, 0.2) is 47.4 Å². The highest BCUT2D eigenvalue weighted by Crippen LogP contribution is 2.34. The van der Waals surface area contributed by atoms with Crippen LogP contribution >= 0.6 is 11.8 Å². The molecule has 3 rings (SSSR count). The normalized spacial score (nSPS) is 16.2. The molecule has 1 atom stereocenters. The summed E-state index contributed by atoms with van der Waals surface area (Å²) in [5.74, 6) is -0.702. The molecule has 0 bridgehead atoms. The average molecular weight is 414 g/mol. The van der Waals surface area contributed by atoms with Crippen LogP contribution in [0.5, 0.6) is 11.5 Å². The maximum absolute atomic E-state index is 12.7. The van der Waals surface area contributed by atoms with E-state index in [1.165, 1.54) is 11.0 Å². The van der Waals surface area contributed by atoms with E-state index in [2.05, 4.69) is 0 Å². The highest BCUT2D eigenvalue weighted by molar-refractivity contribution is 8.00. The minimum atomic E-state index is -1.31. The van der Waals surface area contributed by atoms with E-state index < -0.39 is 11.2 Å². The van der Waals surface area contributed by atoms with Crippen LogP contribution in [0.3, 0.4) is 0 Å². The number of benzene rings is 2. The summed E-state index contributed by atoms with van der Waals surface area (Å²) < 4.78 is 10.5. The zero-order chi connectivity index (χ0) is 21.0. The number of amides is 2. The summed E-state index contributed by atoms with van der Waals surface area (Å²) in [5, 5.41) is 10.6. The summed E-state index contributed by atoms with van der Waals surface area (Å²) in [6.07, 6.45) is 0.516. The Morgan fingerprint density at radius 1 is 1.14 bits per heavy atom. The fourth-order valence-electron chi connectivity index (χ4n) is 3.15. The number of rotatable bonds is 8. The smallest absolute Gasteiger partial charge is 0.243 e. The lowest BCUT2D eigenvalue weighted by Crippen LogP contribution is -2.33. The Morgan fingerprint density at radius 2 is 1.86 bits per heavy atom. The second-order valence-corrected chi connectivity index (χ2v) is 7.66. The van der Waals surface area contributed by atoms with Crippen LogP contribution in [0.4, 0.5) is 0 Å². The molecule has 1 saturated heterocycles.